The molecule has 7 heteroatoms. The van der Waals surface area contributed by atoms with Gasteiger partial charge in [0.2, 0.25) is 5.82 Å². The highest BCUT2D eigenvalue weighted by molar-refractivity contribution is 5.91. The van der Waals surface area contributed by atoms with Gasteiger partial charge in [-0.05, 0) is 5.56 Å². The van der Waals surface area contributed by atoms with E-state index < -0.39 is 5.97 Å². The predicted molar refractivity (Wildman–Crippen MR) is 71.7 cm³/mol. The summed E-state index contributed by atoms with van der Waals surface area (Å²) in [5.41, 5.74) is 7.33. The number of rotatable bonds is 3. The Morgan fingerprint density at radius 1 is 1.25 bits per heavy atom. The molecule has 20 heavy (non-hydrogen) atoms. The number of nitrogens with two attached hydrogens (primary N) is 1. The number of ether oxygens (including phenoxy) is 1. The molecule has 1 aromatic carbocycles. The number of H-pyrrole nitrogens is 1. The molecular formula is C13H11N5O2. The molecule has 0 aliphatic carbocycles. The maximum atomic E-state index is 11.9. The summed E-state index contributed by atoms with van der Waals surface area (Å²) < 4.78 is 5.16. The number of esters is 1. The van der Waals surface area contributed by atoms with Crippen molar-refractivity contribution in [3.8, 4) is 0 Å². The van der Waals surface area contributed by atoms with Gasteiger partial charge in [-0.3, -0.25) is 0 Å². The molecule has 0 radical (unpaired) electrons. The Kier molecular flexibility index (Phi) is 3.00. The van der Waals surface area contributed by atoms with Gasteiger partial charge >= 0.3 is 5.97 Å². The maximum Gasteiger partial charge on any atom is 0.374 e. The smallest absolute Gasteiger partial charge is 0.374 e. The van der Waals surface area contributed by atoms with Crippen LogP contribution in [0.2, 0.25) is 0 Å². The Balaban J connectivity index is 1.77. The van der Waals surface area contributed by atoms with Crippen LogP contribution >= 0.6 is 0 Å². The van der Waals surface area contributed by atoms with E-state index in [0.29, 0.717) is 11.2 Å². The minimum absolute atomic E-state index is 0.0585. The topological polar surface area (TPSA) is 107 Å². The summed E-state index contributed by atoms with van der Waals surface area (Å²) in [5.74, 6) is -0.265. The number of hydrogen-bond donors (Lipinski definition) is 2. The van der Waals surface area contributed by atoms with Gasteiger partial charge in [0.05, 0.1) is 0 Å². The zero-order chi connectivity index (χ0) is 13.9. The highest BCUT2D eigenvalue weighted by Gasteiger charge is 2.15. The first kappa shape index (κ1) is 12.1. The largest absolute Gasteiger partial charge is 0.455 e. The van der Waals surface area contributed by atoms with Crippen molar-refractivity contribution in [2.75, 3.05) is 5.73 Å². The lowest BCUT2D eigenvalue weighted by atomic mass is 10.2. The van der Waals surface area contributed by atoms with Gasteiger partial charge in [0.25, 0.3) is 0 Å². The molecule has 0 unspecified atom stereocenters. The monoisotopic (exact) mass is 269 g/mol. The number of carbonyl (C=O) groups is 1. The second kappa shape index (κ2) is 4.96. The van der Waals surface area contributed by atoms with Gasteiger partial charge < -0.3 is 15.5 Å². The van der Waals surface area contributed by atoms with E-state index >= 15 is 0 Å². The molecule has 0 fully saturated rings. The first-order chi connectivity index (χ1) is 9.74. The normalized spacial score (nSPS) is 10.6. The van der Waals surface area contributed by atoms with E-state index in [-0.39, 0.29) is 18.2 Å². The summed E-state index contributed by atoms with van der Waals surface area (Å²) >= 11 is 0. The third-order valence-electron chi connectivity index (χ3n) is 2.72. The van der Waals surface area contributed by atoms with E-state index in [1.54, 1.807) is 0 Å². The lowest BCUT2D eigenvalue weighted by molar-refractivity contribution is 0.0460. The quantitative estimate of drug-likeness (QED) is 0.694. The van der Waals surface area contributed by atoms with Crippen molar-refractivity contribution in [3.63, 3.8) is 0 Å². The minimum Gasteiger partial charge on any atom is -0.455 e. The lowest BCUT2D eigenvalue weighted by Gasteiger charge is -2.02. The highest BCUT2D eigenvalue weighted by Crippen LogP contribution is 2.14. The van der Waals surface area contributed by atoms with E-state index in [4.69, 9.17) is 10.5 Å². The second-order valence-electron chi connectivity index (χ2n) is 4.10. The molecule has 0 atom stereocenters. The molecule has 0 bridgehead atoms. The SMILES string of the molecule is Nc1ncnc2nc(C(=O)OCc3ccccc3)[nH]c12. The second-order valence-corrected chi connectivity index (χ2v) is 4.10. The van der Waals surface area contributed by atoms with Crippen LogP contribution in [0, 0.1) is 0 Å². The standard InChI is InChI=1S/C13H11N5O2/c14-10-9-11(16-7-15-10)18-12(17-9)13(19)20-6-8-4-2-1-3-5-8/h1-5,7H,6H2,(H3,14,15,16,17,18). The lowest BCUT2D eigenvalue weighted by Crippen LogP contribution is -2.07. The molecule has 100 valence electrons. The number of anilines is 1. The van der Waals surface area contributed by atoms with Crippen LogP contribution in [0.4, 0.5) is 5.82 Å². The van der Waals surface area contributed by atoms with Crippen molar-refractivity contribution in [1.82, 2.24) is 19.9 Å². The molecule has 2 aromatic heterocycles. The molecule has 0 aliphatic heterocycles. The van der Waals surface area contributed by atoms with Crippen molar-refractivity contribution in [3.05, 3.63) is 48.0 Å². The maximum absolute atomic E-state index is 11.9. The summed E-state index contributed by atoms with van der Waals surface area (Å²) in [6.07, 6.45) is 1.29. The fourth-order valence-electron chi connectivity index (χ4n) is 1.73. The van der Waals surface area contributed by atoms with Gasteiger partial charge in [-0.1, -0.05) is 30.3 Å². The van der Waals surface area contributed by atoms with E-state index in [2.05, 4.69) is 19.9 Å². The van der Waals surface area contributed by atoms with Crippen LogP contribution in [0.3, 0.4) is 0 Å². The molecule has 7 nitrogen and oxygen atoms in total. The number of benzene rings is 1. The van der Waals surface area contributed by atoms with E-state index in [0.717, 1.165) is 5.56 Å². The van der Waals surface area contributed by atoms with E-state index in [9.17, 15) is 4.79 Å². The van der Waals surface area contributed by atoms with Gasteiger partial charge in [0.1, 0.15) is 18.5 Å². The van der Waals surface area contributed by atoms with Crippen LogP contribution in [-0.2, 0) is 11.3 Å². The van der Waals surface area contributed by atoms with Crippen LogP contribution in [0.5, 0.6) is 0 Å². The summed E-state index contributed by atoms with van der Waals surface area (Å²) in [4.78, 5) is 26.4. The number of aromatic amines is 1. The predicted octanol–water partition coefficient (Wildman–Crippen LogP) is 1.29. The summed E-state index contributed by atoms with van der Waals surface area (Å²) in [6.45, 7) is 0.178. The van der Waals surface area contributed by atoms with Crippen molar-refractivity contribution < 1.29 is 9.53 Å². The van der Waals surface area contributed by atoms with Crippen LogP contribution in [0.1, 0.15) is 16.2 Å². The van der Waals surface area contributed by atoms with Gasteiger partial charge in [-0.2, -0.15) is 0 Å². The van der Waals surface area contributed by atoms with E-state index in [1.807, 2.05) is 30.3 Å². The molecule has 3 rings (SSSR count). The van der Waals surface area contributed by atoms with Gasteiger partial charge in [-0.25, -0.2) is 19.7 Å². The molecule has 0 amide bonds. The Bertz CT molecular complexity index is 754. The summed E-state index contributed by atoms with van der Waals surface area (Å²) in [5, 5.41) is 0. The Hall–Kier alpha value is -2.96. The first-order valence-corrected chi connectivity index (χ1v) is 5.91. The third kappa shape index (κ3) is 2.28. The molecule has 0 saturated carbocycles. The Morgan fingerprint density at radius 3 is 2.80 bits per heavy atom. The average Bonchev–Trinajstić information content (AvgIpc) is 2.91. The zero-order valence-electron chi connectivity index (χ0n) is 10.4. The fourth-order valence-corrected chi connectivity index (χ4v) is 1.73. The number of nitrogens with one attached hydrogen (secondary N) is 1. The molecule has 3 N–H and O–H groups in total. The van der Waals surface area contributed by atoms with Crippen LogP contribution in [-0.4, -0.2) is 25.9 Å². The number of aromatic nitrogens is 4. The Labute approximate surface area is 113 Å². The number of imidazole rings is 1. The van der Waals surface area contributed by atoms with Crippen LogP contribution in [0.15, 0.2) is 36.7 Å². The van der Waals surface area contributed by atoms with Crippen LogP contribution in [0.25, 0.3) is 11.2 Å². The van der Waals surface area contributed by atoms with Gasteiger partial charge in [-0.15, -0.1) is 0 Å². The molecule has 0 aliphatic rings. The Morgan fingerprint density at radius 2 is 2.05 bits per heavy atom. The van der Waals surface area contributed by atoms with Crippen molar-refractivity contribution in [2.24, 2.45) is 0 Å². The first-order valence-electron chi connectivity index (χ1n) is 5.91. The van der Waals surface area contributed by atoms with Crippen molar-refractivity contribution in [1.29, 1.82) is 0 Å². The molecule has 2 heterocycles. The van der Waals surface area contributed by atoms with Crippen molar-refractivity contribution in [2.45, 2.75) is 6.61 Å². The third-order valence-corrected chi connectivity index (χ3v) is 2.72. The number of carbonyl (C=O) groups excluding carboxylic acids is 1. The number of nitrogens with zero attached hydrogens (tertiary/aromatic N) is 3. The number of fused-ring (bicyclic) bond motifs is 1. The number of nitrogen functional groups attached to an aromatic ring is 1. The average molecular weight is 269 g/mol. The van der Waals surface area contributed by atoms with Gasteiger partial charge in [0.15, 0.2) is 11.5 Å². The molecule has 0 saturated heterocycles. The molecular weight excluding hydrogens is 258 g/mol. The zero-order valence-corrected chi connectivity index (χ0v) is 10.4. The van der Waals surface area contributed by atoms with E-state index in [1.165, 1.54) is 6.33 Å². The molecule has 0 spiro atoms. The fraction of sp³-hybridized carbons (Fsp3) is 0.0769. The summed E-state index contributed by atoms with van der Waals surface area (Å²) in [7, 11) is 0. The number of hydrogen-bond acceptors (Lipinski definition) is 6. The van der Waals surface area contributed by atoms with Crippen LogP contribution < -0.4 is 5.73 Å². The van der Waals surface area contributed by atoms with Gasteiger partial charge in [0, 0.05) is 0 Å². The summed E-state index contributed by atoms with van der Waals surface area (Å²) in [6, 6.07) is 9.39. The minimum atomic E-state index is -0.564. The molecule has 3 aromatic rings. The highest BCUT2D eigenvalue weighted by atomic mass is 16.5. The van der Waals surface area contributed by atoms with Crippen molar-refractivity contribution >= 4 is 23.0 Å².